The third-order valence-corrected chi connectivity index (χ3v) is 6.97. The van der Waals surface area contributed by atoms with Gasteiger partial charge < -0.3 is 19.5 Å². The van der Waals surface area contributed by atoms with E-state index in [0.717, 1.165) is 52.3 Å². The number of anilines is 1. The van der Waals surface area contributed by atoms with Crippen LogP contribution in [0.25, 0.3) is 22.5 Å². The van der Waals surface area contributed by atoms with Crippen LogP contribution in [0.15, 0.2) is 71.3 Å². The Morgan fingerprint density at radius 3 is 2.63 bits per heavy atom. The monoisotopic (exact) mass is 510 g/mol. The molecule has 1 aliphatic heterocycles. The van der Waals surface area contributed by atoms with Crippen molar-refractivity contribution < 1.29 is 14.1 Å². The largest absolute Gasteiger partial charge is 0.493 e. The Bertz CT molecular complexity index is 1400. The van der Waals surface area contributed by atoms with Gasteiger partial charge in [0.2, 0.25) is 17.6 Å². The lowest BCUT2D eigenvalue weighted by molar-refractivity contribution is -0.115. The van der Waals surface area contributed by atoms with Crippen molar-refractivity contribution in [2.45, 2.75) is 33.1 Å². The summed E-state index contributed by atoms with van der Waals surface area (Å²) in [6.45, 7) is 6.78. The second-order valence-corrected chi connectivity index (χ2v) is 10.2. The summed E-state index contributed by atoms with van der Waals surface area (Å²) in [5, 5.41) is 7.01. The van der Waals surface area contributed by atoms with Crippen LogP contribution >= 0.6 is 0 Å². The van der Waals surface area contributed by atoms with Gasteiger partial charge in [-0.25, -0.2) is 0 Å². The summed E-state index contributed by atoms with van der Waals surface area (Å²) in [6, 6.07) is 21.9. The van der Waals surface area contributed by atoms with E-state index in [0.29, 0.717) is 30.7 Å². The number of rotatable bonds is 8. The van der Waals surface area contributed by atoms with Gasteiger partial charge in [-0.3, -0.25) is 4.79 Å². The van der Waals surface area contributed by atoms with Crippen LogP contribution in [-0.2, 0) is 11.2 Å². The molecule has 4 aromatic rings. The molecule has 1 N–H and O–H groups in total. The fraction of sp³-hybridized carbons (Fsp3) is 0.323. The summed E-state index contributed by atoms with van der Waals surface area (Å²) in [5.41, 5.74) is 5.97. The van der Waals surface area contributed by atoms with Gasteiger partial charge in [0.1, 0.15) is 5.75 Å². The number of ether oxygens (including phenoxy) is 1. The molecule has 0 bridgehead atoms. The van der Waals surface area contributed by atoms with Gasteiger partial charge in [0.25, 0.3) is 0 Å². The van der Waals surface area contributed by atoms with E-state index in [4.69, 9.17) is 9.26 Å². The lowest BCUT2D eigenvalue weighted by Crippen LogP contribution is -2.34. The van der Waals surface area contributed by atoms with E-state index < -0.39 is 0 Å². The number of hydrogen-bond donors (Lipinski definition) is 1. The highest BCUT2D eigenvalue weighted by Crippen LogP contribution is 2.28. The molecule has 1 atom stereocenters. The Hall–Kier alpha value is -3.97. The molecule has 2 heterocycles. The van der Waals surface area contributed by atoms with Crippen LogP contribution in [0.4, 0.5) is 5.69 Å². The van der Waals surface area contributed by atoms with E-state index in [2.05, 4.69) is 58.6 Å². The van der Waals surface area contributed by atoms with Crippen LogP contribution in [0.1, 0.15) is 29.9 Å². The molecule has 38 heavy (non-hydrogen) atoms. The number of likely N-dealkylation sites (tertiary alicyclic amines) is 1. The molecule has 3 aromatic carbocycles. The second kappa shape index (κ2) is 11.6. The van der Waals surface area contributed by atoms with Gasteiger partial charge in [-0.15, -0.1) is 0 Å². The molecule has 1 amide bonds. The van der Waals surface area contributed by atoms with Crippen LogP contribution in [0.3, 0.4) is 0 Å². The molecular weight excluding hydrogens is 476 g/mol. The number of hydrogen-bond acceptors (Lipinski definition) is 6. The number of aromatic nitrogens is 2. The molecule has 1 unspecified atom stereocenters. The van der Waals surface area contributed by atoms with Crippen LogP contribution in [0.2, 0.25) is 0 Å². The van der Waals surface area contributed by atoms with Crippen molar-refractivity contribution >= 4 is 11.6 Å². The lowest BCUT2D eigenvalue weighted by atomic mass is 9.97. The van der Waals surface area contributed by atoms with E-state index >= 15 is 0 Å². The standard InChI is InChI=1S/C31H34N4O3/c1-21-16-26(31-32-22(2)38-34-31)13-14-29(21)25-11-9-23(10-12-25)17-30(36)33-27-7-4-8-28(18-27)37-20-24-6-5-15-35(3)19-24/h4,7-14,16,18,24H,5-6,15,17,19-20H2,1-3H3,(H,33,36). The molecule has 1 saturated heterocycles. The van der Waals surface area contributed by atoms with Crippen molar-refractivity contribution in [3.05, 3.63) is 83.7 Å². The summed E-state index contributed by atoms with van der Waals surface area (Å²) in [5.74, 6) is 2.42. The van der Waals surface area contributed by atoms with Crippen LogP contribution < -0.4 is 10.1 Å². The van der Waals surface area contributed by atoms with Gasteiger partial charge >= 0.3 is 0 Å². The Kier molecular flexibility index (Phi) is 7.84. The number of carbonyl (C=O) groups excluding carboxylic acids is 1. The maximum absolute atomic E-state index is 12.7. The van der Waals surface area contributed by atoms with Crippen molar-refractivity contribution in [3.63, 3.8) is 0 Å². The smallest absolute Gasteiger partial charge is 0.228 e. The van der Waals surface area contributed by atoms with Crippen LogP contribution in [0.5, 0.6) is 5.75 Å². The fourth-order valence-electron chi connectivity index (χ4n) is 5.02. The molecular formula is C31H34N4O3. The van der Waals surface area contributed by atoms with Crippen LogP contribution in [0, 0.1) is 19.8 Å². The molecule has 1 aromatic heterocycles. The third kappa shape index (κ3) is 6.47. The zero-order valence-corrected chi connectivity index (χ0v) is 22.2. The number of amides is 1. The lowest BCUT2D eigenvalue weighted by Gasteiger charge is -2.29. The highest BCUT2D eigenvalue weighted by molar-refractivity contribution is 5.92. The van der Waals surface area contributed by atoms with E-state index in [1.165, 1.54) is 12.8 Å². The Labute approximate surface area is 223 Å². The summed E-state index contributed by atoms with van der Waals surface area (Å²) < 4.78 is 11.1. The zero-order chi connectivity index (χ0) is 26.5. The summed E-state index contributed by atoms with van der Waals surface area (Å²) in [7, 11) is 2.16. The van der Waals surface area contributed by atoms with Crippen molar-refractivity contribution in [3.8, 4) is 28.3 Å². The molecule has 0 spiro atoms. The number of benzene rings is 3. The van der Waals surface area contributed by atoms with Crippen molar-refractivity contribution in [1.29, 1.82) is 0 Å². The molecule has 7 heteroatoms. The molecule has 1 fully saturated rings. The highest BCUT2D eigenvalue weighted by Gasteiger charge is 2.18. The molecule has 1 aliphatic rings. The van der Waals surface area contributed by atoms with Gasteiger partial charge in [0.05, 0.1) is 13.0 Å². The minimum atomic E-state index is -0.0558. The molecule has 0 aliphatic carbocycles. The van der Waals surface area contributed by atoms with Gasteiger partial charge in [-0.2, -0.15) is 4.98 Å². The van der Waals surface area contributed by atoms with Gasteiger partial charge in [0.15, 0.2) is 0 Å². The minimum absolute atomic E-state index is 0.0558. The normalized spacial score (nSPS) is 15.8. The second-order valence-electron chi connectivity index (χ2n) is 10.2. The van der Waals surface area contributed by atoms with Gasteiger partial charge in [-0.1, -0.05) is 47.6 Å². The average molecular weight is 511 g/mol. The number of nitrogens with one attached hydrogen (secondary N) is 1. The molecule has 196 valence electrons. The summed E-state index contributed by atoms with van der Waals surface area (Å²) >= 11 is 0. The Balaban J connectivity index is 1.16. The summed E-state index contributed by atoms with van der Waals surface area (Å²) in [6.07, 6.45) is 2.72. The van der Waals surface area contributed by atoms with Gasteiger partial charge in [-0.05, 0) is 73.8 Å². The predicted octanol–water partition coefficient (Wildman–Crippen LogP) is 5.92. The third-order valence-electron chi connectivity index (χ3n) is 6.97. The zero-order valence-electron chi connectivity index (χ0n) is 22.2. The first kappa shape index (κ1) is 25.7. The van der Waals surface area contributed by atoms with E-state index in [1.807, 2.05) is 42.5 Å². The first-order valence-electron chi connectivity index (χ1n) is 13.1. The predicted molar refractivity (Wildman–Crippen MR) is 149 cm³/mol. The number of carbonyl (C=O) groups is 1. The maximum Gasteiger partial charge on any atom is 0.228 e. The molecule has 0 saturated carbocycles. The Morgan fingerprint density at radius 1 is 1.08 bits per heavy atom. The fourth-order valence-corrected chi connectivity index (χ4v) is 5.02. The number of aryl methyl sites for hydroxylation is 2. The first-order chi connectivity index (χ1) is 18.4. The quantitative estimate of drug-likeness (QED) is 0.317. The molecule has 5 rings (SSSR count). The number of piperidine rings is 1. The Morgan fingerprint density at radius 2 is 1.89 bits per heavy atom. The minimum Gasteiger partial charge on any atom is -0.493 e. The maximum atomic E-state index is 12.7. The average Bonchev–Trinajstić information content (AvgIpc) is 3.34. The van der Waals surface area contributed by atoms with Crippen molar-refractivity contribution in [2.24, 2.45) is 5.92 Å². The van der Waals surface area contributed by atoms with E-state index in [-0.39, 0.29) is 5.91 Å². The highest BCUT2D eigenvalue weighted by atomic mass is 16.5. The topological polar surface area (TPSA) is 80.5 Å². The van der Waals surface area contributed by atoms with Gasteiger partial charge in [0, 0.05) is 36.7 Å². The van der Waals surface area contributed by atoms with Crippen LogP contribution in [-0.4, -0.2) is 47.7 Å². The van der Waals surface area contributed by atoms with E-state index in [9.17, 15) is 4.79 Å². The van der Waals surface area contributed by atoms with Crippen molar-refractivity contribution in [2.75, 3.05) is 32.1 Å². The number of nitrogens with zero attached hydrogens (tertiary/aromatic N) is 3. The summed E-state index contributed by atoms with van der Waals surface area (Å²) in [4.78, 5) is 19.4. The first-order valence-corrected chi connectivity index (χ1v) is 13.1. The van der Waals surface area contributed by atoms with Crippen molar-refractivity contribution in [1.82, 2.24) is 15.0 Å². The van der Waals surface area contributed by atoms with E-state index in [1.54, 1.807) is 6.92 Å². The SMILES string of the molecule is Cc1nc(-c2ccc(-c3ccc(CC(=O)Nc4cccc(OCC5CCCN(C)C5)c4)cc3)c(C)c2)no1. The molecule has 0 radical (unpaired) electrons. The molecule has 7 nitrogen and oxygen atoms in total.